The summed E-state index contributed by atoms with van der Waals surface area (Å²) < 4.78 is 25.1. The molecule has 3 aromatic rings. The second kappa shape index (κ2) is 15.2. The molecule has 0 aliphatic heterocycles. The van der Waals surface area contributed by atoms with Gasteiger partial charge in [-0.2, -0.15) is 5.10 Å². The van der Waals surface area contributed by atoms with Crippen molar-refractivity contribution in [3.63, 3.8) is 0 Å². The number of hydrogen-bond acceptors (Lipinski definition) is 6. The average molecular weight is 600 g/mol. The first kappa shape index (κ1) is 30.8. The molecule has 1 aliphatic rings. The van der Waals surface area contributed by atoms with Gasteiger partial charge >= 0.3 is 0 Å². The van der Waals surface area contributed by atoms with Crippen molar-refractivity contribution >= 4 is 35.0 Å². The number of aromatic amines is 1. The van der Waals surface area contributed by atoms with E-state index in [4.69, 9.17) is 21.1 Å². The smallest absolute Gasteiger partial charge is 0.256 e. The Morgan fingerprint density at radius 3 is 2.62 bits per heavy atom. The number of anilines is 1. The fourth-order valence-electron chi connectivity index (χ4n) is 4.24. The van der Waals surface area contributed by atoms with Crippen LogP contribution in [0, 0.1) is 11.7 Å². The van der Waals surface area contributed by atoms with Crippen LogP contribution >= 0.6 is 11.6 Å². The first-order chi connectivity index (χ1) is 20.3. The molecule has 224 valence electrons. The van der Waals surface area contributed by atoms with E-state index in [1.807, 2.05) is 0 Å². The van der Waals surface area contributed by atoms with Gasteiger partial charge in [0.05, 0.1) is 30.8 Å². The molecule has 0 spiro atoms. The average Bonchev–Trinajstić information content (AvgIpc) is 3.66. The third-order valence-electron chi connectivity index (χ3n) is 6.75. The van der Waals surface area contributed by atoms with Crippen LogP contribution in [0.25, 0.3) is 0 Å². The molecule has 4 rings (SSSR count). The van der Waals surface area contributed by atoms with E-state index in [-0.39, 0.29) is 53.3 Å². The minimum absolute atomic E-state index is 0.0539. The van der Waals surface area contributed by atoms with Crippen LogP contribution < -0.4 is 25.4 Å². The van der Waals surface area contributed by atoms with Crippen molar-refractivity contribution in [1.82, 2.24) is 20.8 Å². The molecule has 42 heavy (non-hydrogen) atoms. The summed E-state index contributed by atoms with van der Waals surface area (Å²) >= 11 is 6.44. The molecule has 12 heteroatoms. The van der Waals surface area contributed by atoms with Crippen LogP contribution in [0.1, 0.15) is 60.1 Å². The molecule has 2 aromatic carbocycles. The van der Waals surface area contributed by atoms with E-state index >= 15 is 0 Å². The number of rotatable bonds is 16. The lowest BCUT2D eigenvalue weighted by atomic mass is 10.1. The zero-order valence-electron chi connectivity index (χ0n) is 23.4. The van der Waals surface area contributed by atoms with Crippen LogP contribution in [0.15, 0.2) is 42.6 Å². The van der Waals surface area contributed by atoms with Gasteiger partial charge in [0.15, 0.2) is 17.3 Å². The molecule has 0 unspecified atom stereocenters. The molecule has 1 fully saturated rings. The van der Waals surface area contributed by atoms with E-state index in [2.05, 4.69) is 26.1 Å². The van der Waals surface area contributed by atoms with Gasteiger partial charge in [-0.15, -0.1) is 0 Å². The van der Waals surface area contributed by atoms with Crippen LogP contribution in [0.5, 0.6) is 11.5 Å². The maximum absolute atomic E-state index is 14.1. The van der Waals surface area contributed by atoms with Gasteiger partial charge in [0.2, 0.25) is 11.8 Å². The van der Waals surface area contributed by atoms with E-state index in [9.17, 15) is 18.8 Å². The topological polar surface area (TPSA) is 134 Å². The number of unbranched alkanes of at least 4 members (excludes halogenated alkanes) is 2. The number of hydrogen-bond donors (Lipinski definition) is 4. The highest BCUT2D eigenvalue weighted by molar-refractivity contribution is 6.34. The van der Waals surface area contributed by atoms with Crippen molar-refractivity contribution in [2.75, 3.05) is 25.6 Å². The van der Waals surface area contributed by atoms with E-state index in [0.29, 0.717) is 36.7 Å². The van der Waals surface area contributed by atoms with Crippen molar-refractivity contribution in [3.8, 4) is 11.5 Å². The summed E-state index contributed by atoms with van der Waals surface area (Å²) in [4.78, 5) is 37.9. The third-order valence-corrected chi connectivity index (χ3v) is 7.06. The quantitative estimate of drug-likeness (QED) is 0.175. The molecule has 0 bridgehead atoms. The van der Waals surface area contributed by atoms with Gasteiger partial charge in [-0.05, 0) is 67.5 Å². The highest BCUT2D eigenvalue weighted by atomic mass is 35.5. The zero-order valence-corrected chi connectivity index (χ0v) is 24.2. The molecule has 1 aromatic heterocycles. The lowest BCUT2D eigenvalue weighted by molar-refractivity contribution is -0.120. The van der Waals surface area contributed by atoms with E-state index < -0.39 is 11.7 Å². The number of amides is 3. The van der Waals surface area contributed by atoms with E-state index in [1.54, 1.807) is 24.4 Å². The molecule has 4 N–H and O–H groups in total. The molecule has 10 nitrogen and oxygen atoms in total. The van der Waals surface area contributed by atoms with Gasteiger partial charge in [-0.3, -0.25) is 19.5 Å². The Hall–Kier alpha value is -4.12. The predicted octanol–water partition coefficient (Wildman–Crippen LogP) is 4.79. The Morgan fingerprint density at radius 2 is 1.90 bits per heavy atom. The number of H-pyrrole nitrogens is 1. The molecular formula is C30H35ClFN5O5. The zero-order chi connectivity index (χ0) is 29.9. The number of ether oxygens (including phenoxy) is 2. The number of halogens is 2. The van der Waals surface area contributed by atoms with Crippen molar-refractivity contribution in [1.29, 1.82) is 0 Å². The molecular weight excluding hydrogens is 565 g/mol. The van der Waals surface area contributed by atoms with Crippen LogP contribution in [0.2, 0.25) is 5.02 Å². The van der Waals surface area contributed by atoms with Gasteiger partial charge in [0, 0.05) is 31.4 Å². The summed E-state index contributed by atoms with van der Waals surface area (Å²) in [6, 6.07) is 9.34. The van der Waals surface area contributed by atoms with Crippen molar-refractivity contribution in [2.45, 2.75) is 51.5 Å². The van der Waals surface area contributed by atoms with Crippen LogP contribution in [0.4, 0.5) is 10.1 Å². The second-order valence-corrected chi connectivity index (χ2v) is 10.6. The number of aromatic nitrogens is 2. The Morgan fingerprint density at radius 1 is 1.07 bits per heavy atom. The summed E-state index contributed by atoms with van der Waals surface area (Å²) in [6.07, 6.45) is 6.30. The van der Waals surface area contributed by atoms with Crippen molar-refractivity contribution < 1.29 is 28.2 Å². The Kier molecular flexibility index (Phi) is 11.2. The number of carbonyl (C=O) groups is 3. The Bertz CT molecular complexity index is 1380. The highest BCUT2D eigenvalue weighted by Gasteiger charge is 2.26. The number of nitrogens with zero attached hydrogens (tertiary/aromatic N) is 1. The maximum atomic E-state index is 14.1. The van der Waals surface area contributed by atoms with Crippen LogP contribution in [0.3, 0.4) is 0 Å². The summed E-state index contributed by atoms with van der Waals surface area (Å²) in [6.45, 7) is 0.976. The van der Waals surface area contributed by atoms with E-state index in [1.165, 1.54) is 25.3 Å². The second-order valence-electron chi connectivity index (χ2n) is 10.2. The Labute approximate surface area is 248 Å². The van der Waals surface area contributed by atoms with Crippen molar-refractivity contribution in [3.05, 3.63) is 70.3 Å². The lowest BCUT2D eigenvalue weighted by Crippen LogP contribution is -2.26. The van der Waals surface area contributed by atoms with Gasteiger partial charge in [-0.1, -0.05) is 24.1 Å². The van der Waals surface area contributed by atoms with Crippen LogP contribution in [-0.4, -0.2) is 48.2 Å². The SMILES string of the molecule is COc1ccc(CNC(=O)c2c(Cl)ccc(NC(=O)CCCCCNC(=O)Cc3ccn[nH]3)c2OCC2CC2)cc1F. The number of carbonyl (C=O) groups excluding carboxylic acids is 3. The van der Waals surface area contributed by atoms with Gasteiger partial charge < -0.3 is 25.4 Å². The minimum atomic E-state index is -0.532. The highest BCUT2D eigenvalue weighted by Crippen LogP contribution is 2.37. The lowest BCUT2D eigenvalue weighted by Gasteiger charge is -2.18. The first-order valence-electron chi connectivity index (χ1n) is 13.9. The number of benzene rings is 2. The fourth-order valence-corrected chi connectivity index (χ4v) is 4.48. The van der Waals surface area contributed by atoms with Crippen LogP contribution in [-0.2, 0) is 22.6 Å². The summed E-state index contributed by atoms with van der Waals surface area (Å²) in [7, 11) is 1.38. The largest absolute Gasteiger partial charge is 0.494 e. The molecule has 0 saturated heterocycles. The molecule has 1 saturated carbocycles. The molecule has 0 atom stereocenters. The van der Waals surface area contributed by atoms with Gasteiger partial charge in [0.1, 0.15) is 5.56 Å². The number of nitrogens with one attached hydrogen (secondary N) is 4. The fraction of sp³-hybridized carbons (Fsp3) is 0.400. The maximum Gasteiger partial charge on any atom is 0.256 e. The normalized spacial score (nSPS) is 12.5. The first-order valence-corrected chi connectivity index (χ1v) is 14.3. The standard InChI is InChI=1S/C30H35ClFN5O5/c1-41-25-11-8-20(15-23(25)32)17-34-30(40)28-22(31)9-10-24(29(28)42-18-19-6-7-19)36-26(38)5-3-2-4-13-33-27(39)16-21-12-14-35-37-21/h8-12,14-15,19H,2-7,13,16-18H2,1H3,(H,33,39)(H,34,40)(H,35,37)(H,36,38). The Balaban J connectivity index is 1.30. The summed E-state index contributed by atoms with van der Waals surface area (Å²) in [5.41, 5.74) is 1.76. The van der Waals surface area contributed by atoms with Gasteiger partial charge in [-0.25, -0.2) is 4.39 Å². The summed E-state index contributed by atoms with van der Waals surface area (Å²) in [5.74, 6) is -0.637. The van der Waals surface area contributed by atoms with E-state index in [0.717, 1.165) is 31.4 Å². The van der Waals surface area contributed by atoms with Crippen molar-refractivity contribution in [2.24, 2.45) is 5.92 Å². The molecule has 1 aliphatic carbocycles. The third kappa shape index (κ3) is 9.20. The summed E-state index contributed by atoms with van der Waals surface area (Å²) in [5, 5.41) is 15.2. The van der Waals surface area contributed by atoms with Gasteiger partial charge in [0.25, 0.3) is 5.91 Å². The monoisotopic (exact) mass is 599 g/mol. The molecule has 1 heterocycles. The number of methoxy groups -OCH3 is 1. The predicted molar refractivity (Wildman–Crippen MR) is 156 cm³/mol. The minimum Gasteiger partial charge on any atom is -0.494 e. The molecule has 0 radical (unpaired) electrons. The molecule has 3 amide bonds.